The Morgan fingerprint density at radius 1 is 0.875 bits per heavy atom. The first-order chi connectivity index (χ1) is 19.4. The van der Waals surface area contributed by atoms with Crippen LogP contribution in [0.15, 0.2) is 59.1 Å². The number of methoxy groups -OCH3 is 4. The molecule has 0 spiro atoms. The molecule has 0 aliphatic rings. The number of ether oxygens (including phenoxy) is 5. The maximum atomic E-state index is 13.4. The summed E-state index contributed by atoms with van der Waals surface area (Å²) in [4.78, 5) is 16.8. The van der Waals surface area contributed by atoms with E-state index in [1.807, 2.05) is 0 Å². The third-order valence-corrected chi connectivity index (χ3v) is 6.83. The summed E-state index contributed by atoms with van der Waals surface area (Å²) in [6.45, 7) is -0.308. The fourth-order valence-electron chi connectivity index (χ4n) is 3.97. The summed E-state index contributed by atoms with van der Waals surface area (Å²) in [5, 5.41) is 7.21. The molecule has 5 aromatic rings. The van der Waals surface area contributed by atoms with Crippen LogP contribution in [0.5, 0.6) is 28.7 Å². The molecule has 1 amide bonds. The number of carbonyl (C=O) groups excluding carboxylic acids is 1. The summed E-state index contributed by atoms with van der Waals surface area (Å²) in [5.74, 6) is 1.82. The Kier molecular flexibility index (Phi) is 7.69. The van der Waals surface area contributed by atoms with Gasteiger partial charge >= 0.3 is 0 Å². The van der Waals surface area contributed by atoms with Crippen molar-refractivity contribution in [1.29, 1.82) is 0 Å². The van der Waals surface area contributed by atoms with Crippen molar-refractivity contribution in [2.75, 3.05) is 40.4 Å². The smallest absolute Gasteiger partial charge is 0.264 e. The average Bonchev–Trinajstić information content (AvgIpc) is 3.62. The minimum absolute atomic E-state index is 0.308. The molecule has 12 heteroatoms. The number of rotatable bonds is 10. The Morgan fingerprint density at radius 2 is 1.60 bits per heavy atom. The number of benzene rings is 3. The number of nitrogens with one attached hydrogen (secondary N) is 1. The molecular weight excluding hydrogens is 541 g/mol. The van der Waals surface area contributed by atoms with Gasteiger partial charge in [-0.1, -0.05) is 16.5 Å². The lowest BCUT2D eigenvalue weighted by Crippen LogP contribution is -2.20. The minimum Gasteiger partial charge on any atom is -0.493 e. The van der Waals surface area contributed by atoms with E-state index in [1.54, 1.807) is 42.5 Å². The summed E-state index contributed by atoms with van der Waals surface area (Å²) >= 11 is 1.24. The van der Waals surface area contributed by atoms with Crippen LogP contribution in [0.25, 0.3) is 32.8 Å². The molecule has 40 heavy (non-hydrogen) atoms. The van der Waals surface area contributed by atoms with Gasteiger partial charge in [0.05, 0.1) is 38.7 Å². The molecule has 0 bridgehead atoms. The first-order valence-electron chi connectivity index (χ1n) is 11.9. The number of fused-ring (bicyclic) bond motifs is 1. The Bertz CT molecular complexity index is 1660. The molecule has 0 aliphatic heterocycles. The zero-order valence-electron chi connectivity index (χ0n) is 21.9. The highest BCUT2D eigenvalue weighted by Crippen LogP contribution is 2.42. The molecule has 0 saturated heterocycles. The van der Waals surface area contributed by atoms with Crippen LogP contribution in [0.3, 0.4) is 0 Å². The zero-order valence-corrected chi connectivity index (χ0v) is 22.8. The van der Waals surface area contributed by atoms with E-state index in [1.165, 1.54) is 51.9 Å². The van der Waals surface area contributed by atoms with Gasteiger partial charge in [-0.3, -0.25) is 10.1 Å². The van der Waals surface area contributed by atoms with Gasteiger partial charge in [-0.2, -0.15) is 0 Å². The van der Waals surface area contributed by atoms with E-state index in [0.29, 0.717) is 62.0 Å². The van der Waals surface area contributed by atoms with Crippen LogP contribution in [0.1, 0.15) is 0 Å². The van der Waals surface area contributed by atoms with E-state index in [4.69, 9.17) is 28.2 Å². The number of aromatic nitrogens is 2. The summed E-state index contributed by atoms with van der Waals surface area (Å²) in [6, 6.07) is 14.7. The summed E-state index contributed by atoms with van der Waals surface area (Å²) in [6.07, 6.45) is 0. The van der Waals surface area contributed by atoms with Crippen molar-refractivity contribution in [2.45, 2.75) is 0 Å². The molecule has 0 aliphatic carbocycles. The largest absolute Gasteiger partial charge is 0.493 e. The van der Waals surface area contributed by atoms with Crippen LogP contribution < -0.4 is 29.0 Å². The molecule has 5 rings (SSSR count). The number of hydrogen-bond donors (Lipinski definition) is 1. The molecule has 0 unspecified atom stereocenters. The monoisotopic (exact) mass is 565 g/mol. The molecule has 10 nitrogen and oxygen atoms in total. The Labute approximate surface area is 232 Å². The molecule has 0 radical (unpaired) electrons. The van der Waals surface area contributed by atoms with E-state index in [2.05, 4.69) is 15.5 Å². The predicted molar refractivity (Wildman–Crippen MR) is 147 cm³/mol. The zero-order chi connectivity index (χ0) is 28.2. The average molecular weight is 566 g/mol. The number of carbonyl (C=O) groups is 1. The first-order valence-corrected chi connectivity index (χ1v) is 12.7. The van der Waals surface area contributed by atoms with E-state index < -0.39 is 11.7 Å². The number of nitrogens with zero attached hydrogens (tertiary/aromatic N) is 2. The Balaban J connectivity index is 1.33. The normalized spacial score (nSPS) is 10.8. The number of halogens is 1. The molecule has 2 heterocycles. The van der Waals surface area contributed by atoms with Crippen molar-refractivity contribution < 1.29 is 37.4 Å². The minimum atomic E-state index is -0.434. The van der Waals surface area contributed by atoms with Gasteiger partial charge in [0.2, 0.25) is 5.75 Å². The molecule has 0 saturated carbocycles. The van der Waals surface area contributed by atoms with E-state index in [9.17, 15) is 9.18 Å². The van der Waals surface area contributed by atoms with Crippen molar-refractivity contribution >= 4 is 32.6 Å². The molecular formula is C28H24FN3O7S. The van der Waals surface area contributed by atoms with Crippen molar-refractivity contribution in [2.24, 2.45) is 0 Å². The fraction of sp³-hybridized carbons (Fsp3) is 0.179. The molecule has 0 fully saturated rings. The highest BCUT2D eigenvalue weighted by molar-refractivity contribution is 7.22. The predicted octanol–water partition coefficient (Wildman–Crippen LogP) is 5.81. The number of thiazole rings is 1. The SMILES string of the molecule is COc1ccc(-c2cc(-c3cc(OC)c(OC)c(OC)c3)no2)cc1OCC(=O)Nc1nc2cc(F)ccc2s1. The Hall–Kier alpha value is -4.84. The summed E-state index contributed by atoms with van der Waals surface area (Å²) in [7, 11) is 6.10. The maximum absolute atomic E-state index is 13.4. The second-order valence-corrected chi connectivity index (χ2v) is 9.35. The number of hydrogen-bond acceptors (Lipinski definition) is 10. The topological polar surface area (TPSA) is 114 Å². The van der Waals surface area contributed by atoms with Crippen LogP contribution in [-0.4, -0.2) is 51.1 Å². The fourth-order valence-corrected chi connectivity index (χ4v) is 4.83. The van der Waals surface area contributed by atoms with Gasteiger partial charge in [0.1, 0.15) is 11.5 Å². The quantitative estimate of drug-likeness (QED) is 0.224. The highest BCUT2D eigenvalue weighted by Gasteiger charge is 2.18. The summed E-state index contributed by atoms with van der Waals surface area (Å²) < 4.78 is 47.2. The van der Waals surface area contributed by atoms with Gasteiger partial charge in [-0.05, 0) is 42.5 Å². The van der Waals surface area contributed by atoms with Gasteiger partial charge in [0, 0.05) is 23.3 Å². The Morgan fingerprint density at radius 3 is 2.30 bits per heavy atom. The van der Waals surface area contributed by atoms with Crippen molar-refractivity contribution in [1.82, 2.24) is 10.1 Å². The number of amides is 1. The van der Waals surface area contributed by atoms with Gasteiger partial charge < -0.3 is 28.2 Å². The standard InChI is InChI=1S/C28H24FN3O7S/c1-34-20-7-5-15(21-13-18(32-39-21)16-10-23(35-2)27(37-4)24(11-16)36-3)9-22(20)38-14-26(33)31-28-30-19-12-17(29)6-8-25(19)40-28/h5-13H,14H2,1-4H3,(H,30,31,33). The summed E-state index contributed by atoms with van der Waals surface area (Å²) in [5.41, 5.74) is 2.36. The van der Waals surface area contributed by atoms with Crippen LogP contribution >= 0.6 is 11.3 Å². The van der Waals surface area contributed by atoms with Crippen LogP contribution in [0.2, 0.25) is 0 Å². The molecule has 2 aromatic heterocycles. The number of anilines is 1. The maximum Gasteiger partial charge on any atom is 0.264 e. The first kappa shape index (κ1) is 26.8. The van der Waals surface area contributed by atoms with E-state index in [-0.39, 0.29) is 6.61 Å². The van der Waals surface area contributed by atoms with E-state index >= 15 is 0 Å². The van der Waals surface area contributed by atoms with Crippen LogP contribution in [0, 0.1) is 5.82 Å². The van der Waals surface area contributed by atoms with Gasteiger partial charge in [-0.15, -0.1) is 0 Å². The van der Waals surface area contributed by atoms with Crippen LogP contribution in [-0.2, 0) is 4.79 Å². The van der Waals surface area contributed by atoms with Crippen LogP contribution in [0.4, 0.5) is 9.52 Å². The molecule has 0 atom stereocenters. The highest BCUT2D eigenvalue weighted by atomic mass is 32.1. The van der Waals surface area contributed by atoms with Crippen molar-refractivity contribution in [3.05, 3.63) is 60.4 Å². The molecule has 3 aromatic carbocycles. The van der Waals surface area contributed by atoms with Gasteiger partial charge in [-0.25, -0.2) is 9.37 Å². The second kappa shape index (κ2) is 11.5. The third kappa shape index (κ3) is 5.47. The third-order valence-electron chi connectivity index (χ3n) is 5.87. The lowest BCUT2D eigenvalue weighted by atomic mass is 10.1. The molecule has 206 valence electrons. The van der Waals surface area contributed by atoms with Crippen molar-refractivity contribution in [3.63, 3.8) is 0 Å². The van der Waals surface area contributed by atoms with Crippen molar-refractivity contribution in [3.8, 4) is 51.3 Å². The second-order valence-electron chi connectivity index (χ2n) is 8.32. The van der Waals surface area contributed by atoms with E-state index in [0.717, 1.165) is 4.70 Å². The molecule has 1 N–H and O–H groups in total. The van der Waals surface area contributed by atoms with Gasteiger partial charge in [0.25, 0.3) is 5.91 Å². The van der Waals surface area contributed by atoms with Gasteiger partial charge in [0.15, 0.2) is 40.5 Å². The lowest BCUT2D eigenvalue weighted by molar-refractivity contribution is -0.118. The lowest BCUT2D eigenvalue weighted by Gasteiger charge is -2.13.